The van der Waals surface area contributed by atoms with E-state index in [9.17, 15) is 9.18 Å². The third-order valence-corrected chi connectivity index (χ3v) is 2.48. The highest BCUT2D eigenvalue weighted by molar-refractivity contribution is 6.13. The van der Waals surface area contributed by atoms with Crippen LogP contribution in [0.3, 0.4) is 0 Å². The zero-order valence-electron chi connectivity index (χ0n) is 9.27. The van der Waals surface area contributed by atoms with E-state index in [1.165, 1.54) is 11.1 Å². The van der Waals surface area contributed by atoms with Gasteiger partial charge in [-0.25, -0.2) is 9.40 Å². The summed E-state index contributed by atoms with van der Waals surface area (Å²) in [5.41, 5.74) is 0.927. The van der Waals surface area contributed by atoms with Gasteiger partial charge in [0.2, 0.25) is 5.91 Å². The molecule has 0 unspecified atom stereocenters. The molecule has 0 atom stereocenters. The Morgan fingerprint density at radius 3 is 2.62 bits per heavy atom. The summed E-state index contributed by atoms with van der Waals surface area (Å²) in [7, 11) is 0. The summed E-state index contributed by atoms with van der Waals surface area (Å²) in [5.74, 6) is -0.409. The minimum absolute atomic E-state index is 0.0109. The number of hydrogen-bond donors (Lipinski definition) is 0. The number of rotatable bonds is 2. The molecule has 16 heavy (non-hydrogen) atoms. The molecular weight excluding hydrogens is 207 g/mol. The minimum Gasteiger partial charge on any atom is -0.273 e. The Hall–Kier alpha value is -1.71. The Morgan fingerprint density at radius 1 is 1.38 bits per heavy atom. The van der Waals surface area contributed by atoms with Crippen molar-refractivity contribution in [2.24, 2.45) is 5.10 Å². The van der Waals surface area contributed by atoms with Gasteiger partial charge in [0.1, 0.15) is 5.82 Å². The molecule has 0 spiro atoms. The molecule has 0 aromatic heterocycles. The summed E-state index contributed by atoms with van der Waals surface area (Å²) >= 11 is 0. The molecule has 1 aliphatic rings. The number of benzene rings is 1. The van der Waals surface area contributed by atoms with Gasteiger partial charge < -0.3 is 0 Å². The van der Waals surface area contributed by atoms with E-state index in [-0.39, 0.29) is 24.2 Å². The van der Waals surface area contributed by atoms with Crippen LogP contribution in [0.2, 0.25) is 0 Å². The van der Waals surface area contributed by atoms with E-state index >= 15 is 0 Å². The van der Waals surface area contributed by atoms with Crippen LogP contribution in [0.15, 0.2) is 29.4 Å². The number of halogens is 1. The zero-order chi connectivity index (χ0) is 11.7. The summed E-state index contributed by atoms with van der Waals surface area (Å²) in [5, 5.41) is 5.56. The Balaban J connectivity index is 2.34. The van der Waals surface area contributed by atoms with Crippen LogP contribution in [-0.2, 0) is 4.79 Å². The number of nitrogens with zero attached hydrogens (tertiary/aromatic N) is 2. The molecule has 1 amide bonds. The molecule has 2 rings (SSSR count). The predicted molar refractivity (Wildman–Crippen MR) is 59.5 cm³/mol. The van der Waals surface area contributed by atoms with Crippen LogP contribution >= 0.6 is 0 Å². The van der Waals surface area contributed by atoms with Crippen LogP contribution in [0.1, 0.15) is 25.8 Å². The van der Waals surface area contributed by atoms with Gasteiger partial charge in [-0.2, -0.15) is 5.10 Å². The molecule has 1 aliphatic heterocycles. The average molecular weight is 220 g/mol. The molecule has 0 saturated heterocycles. The fraction of sp³-hybridized carbons (Fsp3) is 0.333. The van der Waals surface area contributed by atoms with Crippen LogP contribution < -0.4 is 0 Å². The molecular formula is C12H13FN2O. The number of carbonyl (C=O) groups is 1. The summed E-state index contributed by atoms with van der Waals surface area (Å²) < 4.78 is 13.5. The summed E-state index contributed by atoms with van der Waals surface area (Å²) in [6.07, 6.45) is 0.180. The Morgan fingerprint density at radius 2 is 2.06 bits per heavy atom. The topological polar surface area (TPSA) is 32.7 Å². The predicted octanol–water partition coefficient (Wildman–Crippen LogP) is 2.17. The monoisotopic (exact) mass is 220 g/mol. The van der Waals surface area contributed by atoms with Gasteiger partial charge in [0.25, 0.3) is 0 Å². The van der Waals surface area contributed by atoms with Crippen LogP contribution in [0.4, 0.5) is 4.39 Å². The lowest BCUT2D eigenvalue weighted by Crippen LogP contribution is -2.27. The van der Waals surface area contributed by atoms with E-state index in [2.05, 4.69) is 5.10 Å². The first-order valence-electron chi connectivity index (χ1n) is 5.24. The molecule has 84 valence electrons. The molecule has 4 heteroatoms. The third-order valence-electron chi connectivity index (χ3n) is 2.48. The smallest absolute Gasteiger partial charge is 0.249 e. The van der Waals surface area contributed by atoms with Gasteiger partial charge in [-0.05, 0) is 19.9 Å². The number of hydrogen-bond acceptors (Lipinski definition) is 2. The molecule has 0 radical (unpaired) electrons. The molecule has 0 fully saturated rings. The number of carbonyl (C=O) groups excluding carboxylic acids is 1. The van der Waals surface area contributed by atoms with E-state index in [1.54, 1.807) is 18.2 Å². The Labute approximate surface area is 93.6 Å². The maximum Gasteiger partial charge on any atom is 0.249 e. The minimum atomic E-state index is -0.334. The zero-order valence-corrected chi connectivity index (χ0v) is 9.27. The van der Waals surface area contributed by atoms with E-state index in [0.717, 1.165) is 0 Å². The number of amides is 1. The van der Waals surface area contributed by atoms with Gasteiger partial charge >= 0.3 is 0 Å². The van der Waals surface area contributed by atoms with Crippen LogP contribution in [-0.4, -0.2) is 22.7 Å². The second-order valence-electron chi connectivity index (χ2n) is 4.04. The lowest BCUT2D eigenvalue weighted by Gasteiger charge is -2.15. The van der Waals surface area contributed by atoms with E-state index < -0.39 is 0 Å². The van der Waals surface area contributed by atoms with Gasteiger partial charge in [-0.15, -0.1) is 0 Å². The molecule has 1 heterocycles. The standard InChI is InChI=1S/C12H13FN2O/c1-8(2)15-12(16)7-11(14-15)9-5-3-4-6-10(9)13/h3-6,8H,7H2,1-2H3. The first-order valence-corrected chi connectivity index (χ1v) is 5.24. The lowest BCUT2D eigenvalue weighted by atomic mass is 10.1. The summed E-state index contributed by atoms with van der Waals surface area (Å²) in [6, 6.07) is 6.39. The largest absolute Gasteiger partial charge is 0.273 e. The molecule has 1 aromatic rings. The Kier molecular flexibility index (Phi) is 2.73. The maximum absolute atomic E-state index is 13.5. The Bertz CT molecular complexity index is 454. The van der Waals surface area contributed by atoms with Crippen molar-refractivity contribution in [1.29, 1.82) is 0 Å². The summed E-state index contributed by atoms with van der Waals surface area (Å²) in [4.78, 5) is 11.6. The quantitative estimate of drug-likeness (QED) is 0.751. The van der Waals surface area contributed by atoms with Crippen molar-refractivity contribution in [1.82, 2.24) is 5.01 Å². The van der Waals surface area contributed by atoms with Crippen molar-refractivity contribution < 1.29 is 9.18 Å². The summed E-state index contributed by atoms with van der Waals surface area (Å²) in [6.45, 7) is 3.76. The molecule has 1 aromatic carbocycles. The normalized spacial score (nSPS) is 15.9. The van der Waals surface area contributed by atoms with Gasteiger partial charge in [-0.3, -0.25) is 4.79 Å². The van der Waals surface area contributed by atoms with Gasteiger partial charge in [0, 0.05) is 11.6 Å². The van der Waals surface area contributed by atoms with Crippen molar-refractivity contribution in [2.45, 2.75) is 26.3 Å². The van der Waals surface area contributed by atoms with Crippen molar-refractivity contribution >= 4 is 11.6 Å². The number of hydrazone groups is 1. The van der Waals surface area contributed by atoms with Crippen molar-refractivity contribution in [3.8, 4) is 0 Å². The highest BCUT2D eigenvalue weighted by atomic mass is 19.1. The second-order valence-corrected chi connectivity index (χ2v) is 4.04. The first kappa shape index (κ1) is 10.8. The average Bonchev–Trinajstić information content (AvgIpc) is 2.61. The van der Waals surface area contributed by atoms with Crippen LogP contribution in [0.25, 0.3) is 0 Å². The molecule has 3 nitrogen and oxygen atoms in total. The third kappa shape index (κ3) is 1.83. The van der Waals surface area contributed by atoms with E-state index in [0.29, 0.717) is 11.3 Å². The maximum atomic E-state index is 13.5. The highest BCUT2D eigenvalue weighted by Crippen LogP contribution is 2.19. The fourth-order valence-electron chi connectivity index (χ4n) is 1.69. The van der Waals surface area contributed by atoms with Gasteiger partial charge in [0.15, 0.2) is 0 Å². The van der Waals surface area contributed by atoms with E-state index in [1.807, 2.05) is 13.8 Å². The SMILES string of the molecule is CC(C)N1N=C(c2ccccc2F)CC1=O. The molecule has 0 aliphatic carbocycles. The molecule has 0 bridgehead atoms. The van der Waals surface area contributed by atoms with Gasteiger partial charge in [-0.1, -0.05) is 18.2 Å². The molecule has 0 N–H and O–H groups in total. The highest BCUT2D eigenvalue weighted by Gasteiger charge is 2.27. The van der Waals surface area contributed by atoms with Crippen molar-refractivity contribution in [3.63, 3.8) is 0 Å². The van der Waals surface area contributed by atoms with E-state index in [4.69, 9.17) is 0 Å². The lowest BCUT2D eigenvalue weighted by molar-refractivity contribution is -0.130. The molecule has 0 saturated carbocycles. The van der Waals surface area contributed by atoms with Gasteiger partial charge in [0.05, 0.1) is 12.1 Å². The van der Waals surface area contributed by atoms with Crippen LogP contribution in [0, 0.1) is 5.82 Å². The second kappa shape index (κ2) is 4.04. The van der Waals surface area contributed by atoms with Crippen LogP contribution in [0.5, 0.6) is 0 Å². The fourth-order valence-corrected chi connectivity index (χ4v) is 1.69. The van der Waals surface area contributed by atoms with Crippen molar-refractivity contribution in [2.75, 3.05) is 0 Å². The first-order chi connectivity index (χ1) is 7.59. The van der Waals surface area contributed by atoms with Crippen molar-refractivity contribution in [3.05, 3.63) is 35.6 Å².